The number of carbonyl (C=O) groups excluding carboxylic acids is 1. The molecule has 4 N–H and O–H groups in total. The number of amides is 1. The lowest BCUT2D eigenvalue weighted by Crippen LogP contribution is -2.32. The van der Waals surface area contributed by atoms with E-state index in [0.717, 1.165) is 22.4 Å². The number of aryl methyl sites for hydroxylation is 1. The zero-order chi connectivity index (χ0) is 20.4. The maximum Gasteiger partial charge on any atom is 0.283 e. The molecule has 1 amide bonds. The van der Waals surface area contributed by atoms with Crippen LogP contribution in [-0.2, 0) is 4.79 Å². The third kappa shape index (κ3) is 3.55. The fourth-order valence-electron chi connectivity index (χ4n) is 3.17. The van der Waals surface area contributed by atoms with Crippen molar-refractivity contribution in [3.63, 3.8) is 0 Å². The van der Waals surface area contributed by atoms with Crippen molar-refractivity contribution in [2.45, 2.75) is 12.1 Å². The molecule has 0 fully saturated rings. The van der Waals surface area contributed by atoms with E-state index in [-0.39, 0.29) is 17.2 Å². The summed E-state index contributed by atoms with van der Waals surface area (Å²) in [4.78, 5) is 33.0. The van der Waals surface area contributed by atoms with Crippen LogP contribution >= 0.6 is 11.8 Å². The molecule has 0 aliphatic heterocycles. The lowest BCUT2D eigenvalue weighted by atomic mass is 10.1. The molecule has 0 radical (unpaired) electrons. The monoisotopic (exact) mass is 405 g/mol. The molecule has 0 bridgehead atoms. The van der Waals surface area contributed by atoms with E-state index < -0.39 is 0 Å². The molecule has 0 atom stereocenters. The predicted molar refractivity (Wildman–Crippen MR) is 115 cm³/mol. The van der Waals surface area contributed by atoms with Crippen LogP contribution in [-0.4, -0.2) is 26.2 Å². The van der Waals surface area contributed by atoms with Gasteiger partial charge in [-0.3, -0.25) is 19.6 Å². The molecule has 7 nitrogen and oxygen atoms in total. The fourth-order valence-corrected chi connectivity index (χ4v) is 3.98. The number of nitrogens with one attached hydrogen (secondary N) is 2. The second kappa shape index (κ2) is 7.94. The number of H-pyrrole nitrogens is 1. The standard InChI is InChI=1S/C21H19N5O2S/c1-13-7-5-6-10-16(13)26-20(28)19-18(24-21(26)29-12-17(27)25-22)15(11-23-19)14-8-3-2-4-9-14/h2-11,23H,12,22H2,1H3,(H,25,27). The molecule has 0 aliphatic carbocycles. The van der Waals surface area contributed by atoms with Crippen molar-refractivity contribution < 1.29 is 4.79 Å². The van der Waals surface area contributed by atoms with Gasteiger partial charge in [0.05, 0.1) is 11.4 Å². The molecular weight excluding hydrogens is 386 g/mol. The van der Waals surface area contributed by atoms with Gasteiger partial charge in [-0.2, -0.15) is 0 Å². The van der Waals surface area contributed by atoms with Gasteiger partial charge in [0.1, 0.15) is 11.0 Å². The van der Waals surface area contributed by atoms with Crippen LogP contribution in [0.1, 0.15) is 5.56 Å². The third-order valence-corrected chi connectivity index (χ3v) is 5.54. The SMILES string of the molecule is Cc1ccccc1-n1c(SCC(=O)NN)nc2c(-c3ccccc3)c[nH]c2c1=O. The molecule has 0 unspecified atom stereocenters. The number of hydrogen-bond donors (Lipinski definition) is 3. The number of thioether (sulfide) groups is 1. The Bertz CT molecular complexity index is 1250. The van der Waals surface area contributed by atoms with Gasteiger partial charge in [-0.25, -0.2) is 10.8 Å². The van der Waals surface area contributed by atoms with Crippen molar-refractivity contribution in [1.82, 2.24) is 20.0 Å². The minimum Gasteiger partial charge on any atom is -0.355 e. The van der Waals surface area contributed by atoms with Gasteiger partial charge in [0.25, 0.3) is 5.56 Å². The van der Waals surface area contributed by atoms with E-state index >= 15 is 0 Å². The summed E-state index contributed by atoms with van der Waals surface area (Å²) < 4.78 is 1.54. The molecule has 29 heavy (non-hydrogen) atoms. The number of aromatic amines is 1. The Morgan fingerprint density at radius 2 is 1.90 bits per heavy atom. The maximum atomic E-state index is 13.4. The molecule has 2 heterocycles. The van der Waals surface area contributed by atoms with Crippen molar-refractivity contribution in [2.24, 2.45) is 5.84 Å². The second-order valence-corrected chi connectivity index (χ2v) is 7.41. The second-order valence-electron chi connectivity index (χ2n) is 6.47. The Morgan fingerprint density at radius 3 is 2.62 bits per heavy atom. The highest BCUT2D eigenvalue weighted by Gasteiger charge is 2.19. The summed E-state index contributed by atoms with van der Waals surface area (Å²) in [6.45, 7) is 1.93. The average molecular weight is 405 g/mol. The van der Waals surface area contributed by atoms with E-state index in [9.17, 15) is 9.59 Å². The first kappa shape index (κ1) is 19.0. The number of para-hydroxylation sites is 1. The average Bonchev–Trinajstić information content (AvgIpc) is 3.18. The van der Waals surface area contributed by atoms with Crippen molar-refractivity contribution in [3.05, 3.63) is 76.7 Å². The van der Waals surface area contributed by atoms with Gasteiger partial charge in [0.2, 0.25) is 5.91 Å². The number of rotatable bonds is 5. The van der Waals surface area contributed by atoms with Crippen molar-refractivity contribution >= 4 is 28.7 Å². The highest BCUT2D eigenvalue weighted by atomic mass is 32.2. The smallest absolute Gasteiger partial charge is 0.283 e. The third-order valence-electron chi connectivity index (χ3n) is 4.60. The van der Waals surface area contributed by atoms with Gasteiger partial charge >= 0.3 is 0 Å². The van der Waals surface area contributed by atoms with Crippen molar-refractivity contribution in [3.8, 4) is 16.8 Å². The lowest BCUT2D eigenvalue weighted by Gasteiger charge is -2.14. The first-order valence-electron chi connectivity index (χ1n) is 8.98. The first-order valence-corrected chi connectivity index (χ1v) is 9.96. The number of aromatic nitrogens is 3. The van der Waals surface area contributed by atoms with Gasteiger partial charge in [-0.05, 0) is 24.1 Å². The summed E-state index contributed by atoms with van der Waals surface area (Å²) in [5, 5.41) is 0.428. The van der Waals surface area contributed by atoms with Crippen LogP contribution in [0.25, 0.3) is 27.8 Å². The Labute approximate surface area is 170 Å². The van der Waals surface area contributed by atoms with E-state index in [4.69, 9.17) is 10.8 Å². The summed E-state index contributed by atoms with van der Waals surface area (Å²) in [5.74, 6) is 4.90. The van der Waals surface area contributed by atoms with E-state index in [0.29, 0.717) is 16.2 Å². The van der Waals surface area contributed by atoms with Crippen LogP contribution in [0.5, 0.6) is 0 Å². The van der Waals surface area contributed by atoms with Gasteiger partial charge in [-0.1, -0.05) is 60.3 Å². The Morgan fingerprint density at radius 1 is 1.17 bits per heavy atom. The minimum absolute atomic E-state index is 0.0470. The van der Waals surface area contributed by atoms with E-state index in [2.05, 4.69) is 10.4 Å². The molecule has 146 valence electrons. The number of nitrogens with zero attached hydrogens (tertiary/aromatic N) is 2. The number of fused-ring (bicyclic) bond motifs is 1. The summed E-state index contributed by atoms with van der Waals surface area (Å²) in [6, 6.07) is 17.3. The van der Waals surface area contributed by atoms with Crippen LogP contribution in [0.4, 0.5) is 0 Å². The van der Waals surface area contributed by atoms with Crippen LogP contribution in [0, 0.1) is 6.92 Å². The van der Waals surface area contributed by atoms with Gasteiger partial charge in [0, 0.05) is 11.8 Å². The highest BCUT2D eigenvalue weighted by molar-refractivity contribution is 7.99. The van der Waals surface area contributed by atoms with Crippen LogP contribution in [0.15, 0.2) is 70.7 Å². The fraction of sp³-hybridized carbons (Fsp3) is 0.0952. The quantitative estimate of drug-likeness (QED) is 0.156. The molecule has 2 aromatic carbocycles. The van der Waals surface area contributed by atoms with E-state index in [1.807, 2.05) is 61.5 Å². The topological polar surface area (TPSA) is 106 Å². The van der Waals surface area contributed by atoms with Crippen molar-refractivity contribution in [2.75, 3.05) is 5.75 Å². The molecular formula is C21H19N5O2S. The van der Waals surface area contributed by atoms with Crippen LogP contribution in [0.3, 0.4) is 0 Å². The first-order chi connectivity index (χ1) is 14.1. The summed E-state index contributed by atoms with van der Waals surface area (Å²) in [5.41, 5.74) is 6.31. The van der Waals surface area contributed by atoms with Crippen molar-refractivity contribution in [1.29, 1.82) is 0 Å². The molecule has 0 saturated carbocycles. The van der Waals surface area contributed by atoms with Gasteiger partial charge in [-0.15, -0.1) is 0 Å². The van der Waals surface area contributed by atoms with Gasteiger partial charge in [0.15, 0.2) is 5.16 Å². The number of benzene rings is 2. The molecule has 4 aromatic rings. The van der Waals surface area contributed by atoms with Crippen LogP contribution < -0.4 is 16.8 Å². The zero-order valence-corrected chi connectivity index (χ0v) is 16.5. The summed E-state index contributed by atoms with van der Waals surface area (Å²) >= 11 is 1.17. The number of carbonyl (C=O) groups is 1. The van der Waals surface area contributed by atoms with E-state index in [1.165, 1.54) is 16.3 Å². The molecule has 0 aliphatic rings. The lowest BCUT2D eigenvalue weighted by molar-refractivity contribution is -0.118. The van der Waals surface area contributed by atoms with Gasteiger partial charge < -0.3 is 4.98 Å². The normalized spacial score (nSPS) is 11.0. The molecule has 0 spiro atoms. The number of hydrogen-bond acceptors (Lipinski definition) is 5. The Balaban J connectivity index is 1.96. The predicted octanol–water partition coefficient (Wildman–Crippen LogP) is 2.77. The van der Waals surface area contributed by atoms with E-state index in [1.54, 1.807) is 6.20 Å². The maximum absolute atomic E-state index is 13.4. The number of nitrogens with two attached hydrogens (primary N) is 1. The molecule has 0 saturated heterocycles. The zero-order valence-electron chi connectivity index (χ0n) is 15.7. The largest absolute Gasteiger partial charge is 0.355 e. The Hall–Kier alpha value is -3.36. The Kier molecular flexibility index (Phi) is 5.20. The summed E-state index contributed by atoms with van der Waals surface area (Å²) in [6.07, 6.45) is 1.79. The minimum atomic E-state index is -0.349. The van der Waals surface area contributed by atoms with Crippen LogP contribution in [0.2, 0.25) is 0 Å². The highest BCUT2D eigenvalue weighted by Crippen LogP contribution is 2.29. The molecule has 2 aromatic heterocycles. The summed E-state index contributed by atoms with van der Waals surface area (Å²) in [7, 11) is 0. The molecule has 4 rings (SSSR count). The number of hydrazine groups is 1. The molecule has 8 heteroatoms.